The Morgan fingerprint density at radius 3 is 2.64 bits per heavy atom. The van der Waals surface area contributed by atoms with Gasteiger partial charge in [-0.15, -0.1) is 0 Å². The highest BCUT2D eigenvalue weighted by Gasteiger charge is 2.23. The van der Waals surface area contributed by atoms with Crippen molar-refractivity contribution in [2.75, 3.05) is 33.7 Å². The maximum absolute atomic E-state index is 12.7. The van der Waals surface area contributed by atoms with Crippen LogP contribution in [-0.4, -0.2) is 54.4 Å². The number of piperidine rings is 1. The number of hydrogen-bond donors (Lipinski definition) is 0. The molecular formula is C30H32ClN3O2. The molecule has 6 heteroatoms. The number of halogens is 1. The predicted octanol–water partition coefficient (Wildman–Crippen LogP) is 6.03. The number of carbonyl (C=O) groups excluding carboxylic acids is 1. The van der Waals surface area contributed by atoms with E-state index in [0.29, 0.717) is 18.1 Å². The van der Waals surface area contributed by atoms with E-state index >= 15 is 0 Å². The van der Waals surface area contributed by atoms with Crippen LogP contribution in [-0.2, 0) is 6.61 Å². The van der Waals surface area contributed by atoms with E-state index in [4.69, 9.17) is 16.3 Å². The fourth-order valence-corrected chi connectivity index (χ4v) is 5.31. The molecule has 2 aliphatic rings. The Kier molecular flexibility index (Phi) is 7.40. The fraction of sp³-hybridized carbons (Fsp3) is 0.333. The van der Waals surface area contributed by atoms with Crippen molar-refractivity contribution in [3.63, 3.8) is 0 Å². The van der Waals surface area contributed by atoms with Crippen molar-refractivity contribution < 1.29 is 9.53 Å². The molecule has 1 fully saturated rings. The summed E-state index contributed by atoms with van der Waals surface area (Å²) >= 11 is 6.06. The molecule has 36 heavy (non-hydrogen) atoms. The van der Waals surface area contributed by atoms with E-state index in [-0.39, 0.29) is 5.91 Å². The highest BCUT2D eigenvalue weighted by Crippen LogP contribution is 2.37. The molecule has 3 heterocycles. The fourth-order valence-electron chi connectivity index (χ4n) is 5.18. The van der Waals surface area contributed by atoms with Crippen molar-refractivity contribution in [2.45, 2.75) is 31.8 Å². The minimum atomic E-state index is -0.0173. The van der Waals surface area contributed by atoms with Gasteiger partial charge in [0, 0.05) is 48.5 Å². The summed E-state index contributed by atoms with van der Waals surface area (Å²) in [7, 11) is 3.55. The highest BCUT2D eigenvalue weighted by molar-refractivity contribution is 6.30. The molecule has 0 spiro atoms. The van der Waals surface area contributed by atoms with Crippen LogP contribution in [0.2, 0.25) is 5.02 Å². The molecule has 0 saturated carbocycles. The van der Waals surface area contributed by atoms with Crippen molar-refractivity contribution in [3.05, 3.63) is 99.8 Å². The normalized spacial score (nSPS) is 17.1. The number of aromatic nitrogens is 1. The number of benzene rings is 2. The number of fused-ring (bicyclic) bond motifs is 2. The van der Waals surface area contributed by atoms with Crippen LogP contribution in [0.1, 0.15) is 57.9 Å². The first kappa shape index (κ1) is 24.5. The van der Waals surface area contributed by atoms with Gasteiger partial charge >= 0.3 is 0 Å². The van der Waals surface area contributed by atoms with Gasteiger partial charge in [-0.3, -0.25) is 9.78 Å². The van der Waals surface area contributed by atoms with Crippen molar-refractivity contribution in [2.24, 2.45) is 0 Å². The second kappa shape index (κ2) is 10.9. The number of ether oxygens (including phenoxy) is 1. The Hall–Kier alpha value is -3.15. The van der Waals surface area contributed by atoms with E-state index in [1.165, 1.54) is 5.56 Å². The maximum atomic E-state index is 12.7. The summed E-state index contributed by atoms with van der Waals surface area (Å²) in [6.07, 6.45) is 7.35. The first-order chi connectivity index (χ1) is 17.5. The maximum Gasteiger partial charge on any atom is 0.253 e. The van der Waals surface area contributed by atoms with Gasteiger partial charge in [0.05, 0.1) is 5.69 Å². The molecule has 2 aliphatic heterocycles. The molecule has 0 unspecified atom stereocenters. The molecule has 0 N–H and O–H groups in total. The second-order valence-electron chi connectivity index (χ2n) is 9.77. The van der Waals surface area contributed by atoms with Crippen LogP contribution in [0, 0.1) is 0 Å². The SMILES string of the molecule is CN(C)C(=O)c1ccc2c(c1)/C(=C/CCN1CCC(c3ccc(Cl)cc3)CC1)c1cccnc1CO2. The lowest BCUT2D eigenvalue weighted by molar-refractivity contribution is 0.0827. The standard InChI is InChI=1S/C30H32ClN3O2/c1-33(2)30(35)23-9-12-29-27(19-23)25(26-5-3-15-32-28(26)20-36-29)6-4-16-34-17-13-22(14-18-34)21-7-10-24(31)11-8-21/h3,5-12,15,19,22H,4,13-14,16-18,20H2,1-2H3/b25-6+. The monoisotopic (exact) mass is 501 g/mol. The Labute approximate surface area is 218 Å². The predicted molar refractivity (Wildman–Crippen MR) is 145 cm³/mol. The van der Waals surface area contributed by atoms with Gasteiger partial charge in [0.2, 0.25) is 0 Å². The van der Waals surface area contributed by atoms with E-state index in [9.17, 15) is 4.79 Å². The summed E-state index contributed by atoms with van der Waals surface area (Å²) in [5, 5.41) is 0.796. The van der Waals surface area contributed by atoms with Gasteiger partial charge in [-0.1, -0.05) is 35.9 Å². The molecule has 1 amide bonds. The van der Waals surface area contributed by atoms with E-state index in [2.05, 4.69) is 34.2 Å². The lowest BCUT2D eigenvalue weighted by Gasteiger charge is -2.32. The minimum absolute atomic E-state index is 0.0173. The second-order valence-corrected chi connectivity index (χ2v) is 10.2. The third-order valence-electron chi connectivity index (χ3n) is 7.19. The summed E-state index contributed by atoms with van der Waals surface area (Å²) in [6, 6.07) is 18.1. The van der Waals surface area contributed by atoms with Crippen LogP contribution in [0.4, 0.5) is 0 Å². The van der Waals surface area contributed by atoms with Gasteiger partial charge in [0.15, 0.2) is 0 Å². The lowest BCUT2D eigenvalue weighted by atomic mass is 9.89. The van der Waals surface area contributed by atoms with E-state index in [0.717, 1.165) is 72.1 Å². The molecule has 5 rings (SSSR count). The first-order valence-corrected chi connectivity index (χ1v) is 13.0. The van der Waals surface area contributed by atoms with Crippen LogP contribution in [0.3, 0.4) is 0 Å². The van der Waals surface area contributed by atoms with Crippen LogP contribution in [0.5, 0.6) is 5.75 Å². The Morgan fingerprint density at radius 1 is 1.11 bits per heavy atom. The zero-order valence-electron chi connectivity index (χ0n) is 20.9. The minimum Gasteiger partial charge on any atom is -0.487 e. The molecule has 5 nitrogen and oxygen atoms in total. The number of amides is 1. The molecule has 3 aromatic rings. The number of pyridine rings is 1. The Bertz CT molecular complexity index is 1260. The summed E-state index contributed by atoms with van der Waals surface area (Å²) in [4.78, 5) is 21.4. The number of nitrogens with zero attached hydrogens (tertiary/aromatic N) is 3. The van der Waals surface area contributed by atoms with Gasteiger partial charge in [0.25, 0.3) is 5.91 Å². The molecule has 0 radical (unpaired) electrons. The zero-order valence-corrected chi connectivity index (χ0v) is 21.7. The third kappa shape index (κ3) is 5.32. The summed E-state index contributed by atoms with van der Waals surface area (Å²) in [6.45, 7) is 3.60. The van der Waals surface area contributed by atoms with E-state index in [1.807, 2.05) is 42.6 Å². The summed E-state index contributed by atoms with van der Waals surface area (Å²) in [5.41, 5.74) is 6.09. The summed E-state index contributed by atoms with van der Waals surface area (Å²) in [5.74, 6) is 1.38. The smallest absolute Gasteiger partial charge is 0.253 e. The number of rotatable bonds is 5. The Morgan fingerprint density at radius 2 is 1.89 bits per heavy atom. The van der Waals surface area contributed by atoms with Crippen LogP contribution < -0.4 is 4.74 Å². The van der Waals surface area contributed by atoms with E-state index in [1.54, 1.807) is 19.0 Å². The topological polar surface area (TPSA) is 45.7 Å². The third-order valence-corrected chi connectivity index (χ3v) is 7.44. The number of carbonyl (C=O) groups is 1. The average molecular weight is 502 g/mol. The van der Waals surface area contributed by atoms with Crippen LogP contribution >= 0.6 is 11.6 Å². The molecule has 1 aromatic heterocycles. The van der Waals surface area contributed by atoms with Gasteiger partial charge in [-0.25, -0.2) is 0 Å². The molecule has 0 aliphatic carbocycles. The number of hydrogen-bond acceptors (Lipinski definition) is 4. The first-order valence-electron chi connectivity index (χ1n) is 12.6. The molecule has 2 aromatic carbocycles. The van der Waals surface area contributed by atoms with Gasteiger partial charge in [0.1, 0.15) is 12.4 Å². The number of likely N-dealkylation sites (tertiary alicyclic amines) is 1. The zero-order chi connectivity index (χ0) is 25.1. The molecule has 186 valence electrons. The largest absolute Gasteiger partial charge is 0.487 e. The van der Waals surface area contributed by atoms with E-state index < -0.39 is 0 Å². The lowest BCUT2D eigenvalue weighted by Crippen LogP contribution is -2.33. The Balaban J connectivity index is 1.33. The van der Waals surface area contributed by atoms with Crippen molar-refractivity contribution in [1.29, 1.82) is 0 Å². The summed E-state index contributed by atoms with van der Waals surface area (Å²) < 4.78 is 6.11. The molecular weight excluding hydrogens is 470 g/mol. The van der Waals surface area contributed by atoms with Gasteiger partial charge in [-0.05, 0) is 85.8 Å². The van der Waals surface area contributed by atoms with Crippen LogP contribution in [0.15, 0.2) is 66.9 Å². The average Bonchev–Trinajstić information content (AvgIpc) is 3.06. The van der Waals surface area contributed by atoms with Crippen molar-refractivity contribution in [1.82, 2.24) is 14.8 Å². The van der Waals surface area contributed by atoms with Crippen LogP contribution in [0.25, 0.3) is 5.57 Å². The van der Waals surface area contributed by atoms with Crippen molar-refractivity contribution in [3.8, 4) is 5.75 Å². The molecule has 0 atom stereocenters. The molecule has 1 saturated heterocycles. The quantitative estimate of drug-likeness (QED) is 0.428. The highest BCUT2D eigenvalue weighted by atomic mass is 35.5. The molecule has 0 bridgehead atoms. The van der Waals surface area contributed by atoms with Crippen molar-refractivity contribution >= 4 is 23.1 Å². The van der Waals surface area contributed by atoms with Gasteiger partial charge in [-0.2, -0.15) is 0 Å². The van der Waals surface area contributed by atoms with Gasteiger partial charge < -0.3 is 14.5 Å².